The fourth-order valence-electron chi connectivity index (χ4n) is 4.40. The SMILES string of the molecule is COc1ccc([C@@H]2OC(=O)N(CCC3=CCCCC3)[C@@]2(O)c2ccc(OC)cc2)cc1. The maximum atomic E-state index is 12.9. The predicted octanol–water partition coefficient (Wildman–Crippen LogP) is 4.93. The van der Waals surface area contributed by atoms with Crippen molar-refractivity contribution in [2.75, 3.05) is 20.8 Å². The normalized spacial score (nSPS) is 23.3. The Hall–Kier alpha value is -2.99. The van der Waals surface area contributed by atoms with Crippen molar-refractivity contribution >= 4 is 6.09 Å². The Morgan fingerprint density at radius 2 is 1.68 bits per heavy atom. The molecule has 1 N–H and O–H groups in total. The summed E-state index contributed by atoms with van der Waals surface area (Å²) in [6.45, 7) is 0.389. The van der Waals surface area contributed by atoms with Gasteiger partial charge in [0.15, 0.2) is 6.10 Å². The molecule has 1 amide bonds. The van der Waals surface area contributed by atoms with Crippen molar-refractivity contribution in [3.8, 4) is 11.5 Å². The van der Waals surface area contributed by atoms with Crippen molar-refractivity contribution in [2.24, 2.45) is 0 Å². The third kappa shape index (κ3) is 4.12. The largest absolute Gasteiger partial charge is 0.497 e. The average molecular weight is 424 g/mol. The number of carbonyl (C=O) groups is 1. The molecule has 2 atom stereocenters. The lowest BCUT2D eigenvalue weighted by Crippen LogP contribution is -2.46. The Morgan fingerprint density at radius 3 is 2.26 bits per heavy atom. The lowest BCUT2D eigenvalue weighted by Gasteiger charge is -2.35. The van der Waals surface area contributed by atoms with Gasteiger partial charge in [-0.05, 0) is 61.9 Å². The van der Waals surface area contributed by atoms with E-state index in [1.165, 1.54) is 23.3 Å². The van der Waals surface area contributed by atoms with Crippen LogP contribution in [0.2, 0.25) is 0 Å². The molecule has 1 aliphatic carbocycles. The fourth-order valence-corrected chi connectivity index (χ4v) is 4.40. The minimum atomic E-state index is -1.63. The maximum absolute atomic E-state index is 12.9. The van der Waals surface area contributed by atoms with Gasteiger partial charge in [-0.15, -0.1) is 0 Å². The van der Waals surface area contributed by atoms with E-state index >= 15 is 0 Å². The number of benzene rings is 2. The molecule has 0 bridgehead atoms. The number of carbonyl (C=O) groups excluding carboxylic acids is 1. The van der Waals surface area contributed by atoms with Crippen molar-refractivity contribution in [2.45, 2.75) is 43.9 Å². The van der Waals surface area contributed by atoms with Crippen molar-refractivity contribution < 1.29 is 24.1 Å². The first kappa shape index (κ1) is 21.2. The summed E-state index contributed by atoms with van der Waals surface area (Å²) in [6.07, 6.45) is 6.12. The van der Waals surface area contributed by atoms with Crippen LogP contribution in [0.25, 0.3) is 0 Å². The van der Waals surface area contributed by atoms with Gasteiger partial charge in [0, 0.05) is 12.1 Å². The molecule has 0 aromatic heterocycles. The standard InChI is InChI=1S/C25H29NO5/c1-29-21-12-8-19(9-13-21)23-25(28,20-10-14-22(30-2)15-11-20)26(24(27)31-23)17-16-18-6-4-3-5-7-18/h6,8-15,23,28H,3-5,7,16-17H2,1-2H3/t23-,25+/m0/s1. The van der Waals surface area contributed by atoms with Crippen LogP contribution in [0.1, 0.15) is 49.3 Å². The minimum absolute atomic E-state index is 0.389. The number of cyclic esters (lactones) is 1. The van der Waals surface area contributed by atoms with E-state index < -0.39 is 17.9 Å². The molecule has 0 saturated carbocycles. The van der Waals surface area contributed by atoms with E-state index in [0.29, 0.717) is 29.2 Å². The third-order valence-corrected chi connectivity index (χ3v) is 6.19. The number of aliphatic hydroxyl groups is 1. The maximum Gasteiger partial charge on any atom is 0.413 e. The van der Waals surface area contributed by atoms with E-state index in [9.17, 15) is 9.90 Å². The van der Waals surface area contributed by atoms with Gasteiger partial charge in [0.25, 0.3) is 0 Å². The molecule has 1 heterocycles. The van der Waals surface area contributed by atoms with Gasteiger partial charge >= 0.3 is 6.09 Å². The molecular weight excluding hydrogens is 394 g/mol. The quantitative estimate of drug-likeness (QED) is 0.640. The van der Waals surface area contributed by atoms with E-state index in [4.69, 9.17) is 14.2 Å². The zero-order valence-electron chi connectivity index (χ0n) is 18.0. The van der Waals surface area contributed by atoms with E-state index in [2.05, 4.69) is 6.08 Å². The van der Waals surface area contributed by atoms with Crippen LogP contribution in [0.4, 0.5) is 4.79 Å². The first-order valence-electron chi connectivity index (χ1n) is 10.7. The molecule has 2 aliphatic rings. The molecule has 31 heavy (non-hydrogen) atoms. The Labute approximate surface area is 183 Å². The van der Waals surface area contributed by atoms with E-state index in [1.807, 2.05) is 12.1 Å². The topological polar surface area (TPSA) is 68.2 Å². The molecule has 6 heteroatoms. The average Bonchev–Trinajstić information content (AvgIpc) is 3.09. The fraction of sp³-hybridized carbons (Fsp3) is 0.400. The summed E-state index contributed by atoms with van der Waals surface area (Å²) >= 11 is 0. The van der Waals surface area contributed by atoms with Crippen molar-refractivity contribution in [3.63, 3.8) is 0 Å². The zero-order valence-corrected chi connectivity index (χ0v) is 18.0. The summed E-state index contributed by atoms with van der Waals surface area (Å²) < 4.78 is 16.2. The minimum Gasteiger partial charge on any atom is -0.497 e. The predicted molar refractivity (Wildman–Crippen MR) is 117 cm³/mol. The monoisotopic (exact) mass is 423 g/mol. The van der Waals surface area contributed by atoms with E-state index in [1.54, 1.807) is 50.6 Å². The molecule has 0 unspecified atom stereocenters. The lowest BCUT2D eigenvalue weighted by molar-refractivity contribution is -0.109. The van der Waals surface area contributed by atoms with Gasteiger partial charge in [-0.25, -0.2) is 4.79 Å². The highest BCUT2D eigenvalue weighted by atomic mass is 16.6. The molecule has 164 valence electrons. The molecule has 1 fully saturated rings. The van der Waals surface area contributed by atoms with Gasteiger partial charge in [0.05, 0.1) is 14.2 Å². The van der Waals surface area contributed by atoms with E-state index in [-0.39, 0.29) is 0 Å². The van der Waals surface area contributed by atoms with Crippen LogP contribution in [-0.2, 0) is 10.5 Å². The number of hydrogen-bond acceptors (Lipinski definition) is 5. The molecule has 1 saturated heterocycles. The van der Waals surface area contributed by atoms with Crippen molar-refractivity contribution in [1.82, 2.24) is 4.90 Å². The van der Waals surface area contributed by atoms with Crippen LogP contribution in [0, 0.1) is 0 Å². The van der Waals surface area contributed by atoms with Crippen LogP contribution in [0.15, 0.2) is 60.2 Å². The number of amides is 1. The molecule has 6 nitrogen and oxygen atoms in total. The molecule has 0 spiro atoms. The first-order chi connectivity index (χ1) is 15.1. The Balaban J connectivity index is 1.69. The van der Waals surface area contributed by atoms with E-state index in [0.717, 1.165) is 19.3 Å². The molecule has 4 rings (SSSR count). The Bertz CT molecular complexity index is 937. The first-order valence-corrected chi connectivity index (χ1v) is 10.7. The molecule has 0 radical (unpaired) electrons. The lowest BCUT2D eigenvalue weighted by atomic mass is 9.90. The highest BCUT2D eigenvalue weighted by molar-refractivity contribution is 5.72. The number of ether oxygens (including phenoxy) is 3. The molecule has 2 aromatic rings. The number of allylic oxidation sites excluding steroid dienone is 1. The van der Waals surface area contributed by atoms with Crippen molar-refractivity contribution in [3.05, 3.63) is 71.3 Å². The summed E-state index contributed by atoms with van der Waals surface area (Å²) in [5.74, 6) is 1.37. The Kier molecular flexibility index (Phi) is 6.18. The summed E-state index contributed by atoms with van der Waals surface area (Å²) in [5.41, 5.74) is 0.987. The second-order valence-electron chi connectivity index (χ2n) is 8.00. The molecular formula is C25H29NO5. The van der Waals surface area contributed by atoms with Gasteiger partial charge in [-0.3, -0.25) is 4.90 Å². The van der Waals surface area contributed by atoms with Crippen LogP contribution >= 0.6 is 0 Å². The third-order valence-electron chi connectivity index (χ3n) is 6.19. The van der Waals surface area contributed by atoms with Gasteiger partial charge in [0.1, 0.15) is 11.5 Å². The zero-order chi connectivity index (χ0) is 21.8. The Morgan fingerprint density at radius 1 is 1.03 bits per heavy atom. The number of rotatable bonds is 7. The summed E-state index contributed by atoms with van der Waals surface area (Å²) in [6, 6.07) is 14.4. The van der Waals surface area contributed by atoms with Gasteiger partial charge in [-0.1, -0.05) is 35.9 Å². The van der Waals surface area contributed by atoms with Crippen LogP contribution < -0.4 is 9.47 Å². The summed E-state index contributed by atoms with van der Waals surface area (Å²) in [4.78, 5) is 14.4. The van der Waals surface area contributed by atoms with Crippen molar-refractivity contribution in [1.29, 1.82) is 0 Å². The number of methoxy groups -OCH3 is 2. The molecule has 1 aliphatic heterocycles. The second kappa shape index (κ2) is 9.02. The smallest absolute Gasteiger partial charge is 0.413 e. The summed E-state index contributed by atoms with van der Waals surface area (Å²) in [5, 5.41) is 12.0. The summed E-state index contributed by atoms with van der Waals surface area (Å²) in [7, 11) is 3.19. The number of hydrogen-bond donors (Lipinski definition) is 1. The number of nitrogens with zero attached hydrogens (tertiary/aromatic N) is 1. The van der Waals surface area contributed by atoms with Crippen LogP contribution in [0.3, 0.4) is 0 Å². The molecule has 2 aromatic carbocycles. The second-order valence-corrected chi connectivity index (χ2v) is 8.00. The highest BCUT2D eigenvalue weighted by Gasteiger charge is 2.55. The van der Waals surface area contributed by atoms with Gasteiger partial charge in [-0.2, -0.15) is 0 Å². The van der Waals surface area contributed by atoms with Gasteiger partial charge < -0.3 is 19.3 Å². The van der Waals surface area contributed by atoms with Crippen LogP contribution in [0.5, 0.6) is 11.5 Å². The highest BCUT2D eigenvalue weighted by Crippen LogP contribution is 2.47. The van der Waals surface area contributed by atoms with Crippen LogP contribution in [-0.4, -0.2) is 36.9 Å². The van der Waals surface area contributed by atoms with Gasteiger partial charge in [0.2, 0.25) is 5.72 Å².